The van der Waals surface area contributed by atoms with Crippen LogP contribution in [0.15, 0.2) is 0 Å². The fraction of sp³-hybridized carbons (Fsp3) is 1.00. The van der Waals surface area contributed by atoms with Crippen LogP contribution in [0.3, 0.4) is 0 Å². The van der Waals surface area contributed by atoms with E-state index >= 15 is 0 Å². The average Bonchev–Trinajstić information content (AvgIpc) is 1.86. The maximum Gasteiger partial charge on any atom is 0.279 e. The summed E-state index contributed by atoms with van der Waals surface area (Å²) in [5, 5.41) is 26.8. The fourth-order valence-corrected chi connectivity index (χ4v) is 0.841. The summed E-state index contributed by atoms with van der Waals surface area (Å²) in [4.78, 5) is 0. The third kappa shape index (κ3) is 2.11. The van der Waals surface area contributed by atoms with Crippen LogP contribution in [0.5, 0.6) is 0 Å². The summed E-state index contributed by atoms with van der Waals surface area (Å²) in [5.41, 5.74) is 0. The van der Waals surface area contributed by atoms with E-state index in [2.05, 4.69) is 4.74 Å². The zero-order chi connectivity index (χ0) is 8.48. The molecule has 3 unspecified atom stereocenters. The minimum Gasteiger partial charge on any atom is -0.396 e. The fourth-order valence-electron chi connectivity index (χ4n) is 0.841. The number of rotatable bonds is 1. The van der Waals surface area contributed by atoms with Crippen molar-refractivity contribution in [3.8, 4) is 0 Å². The molecule has 5 heteroatoms. The third-order valence-corrected chi connectivity index (χ3v) is 1.54. The third-order valence-electron chi connectivity index (χ3n) is 1.54. The molecular formula is C6H12O5. The van der Waals surface area contributed by atoms with Gasteiger partial charge >= 0.3 is 0 Å². The summed E-state index contributed by atoms with van der Waals surface area (Å²) in [6, 6.07) is 0. The van der Waals surface area contributed by atoms with Gasteiger partial charge in [0.15, 0.2) is 6.29 Å². The number of ether oxygens (including phenoxy) is 2. The number of aliphatic hydroxyl groups excluding tert-OH is 2. The Morgan fingerprint density at radius 1 is 1.64 bits per heavy atom. The van der Waals surface area contributed by atoms with E-state index in [1.165, 1.54) is 6.92 Å². The molecule has 0 spiro atoms. The van der Waals surface area contributed by atoms with Crippen LogP contribution in [-0.2, 0) is 9.47 Å². The Hall–Kier alpha value is -0.200. The van der Waals surface area contributed by atoms with Crippen molar-refractivity contribution in [3.63, 3.8) is 0 Å². The zero-order valence-electron chi connectivity index (χ0n) is 6.23. The molecule has 0 aromatic rings. The van der Waals surface area contributed by atoms with Crippen molar-refractivity contribution >= 4 is 0 Å². The predicted octanol–water partition coefficient (Wildman–Crippen LogP) is -1.37. The SMILES string of the molecule is CC1(O)OCC(CO)C(O)O1. The lowest BCUT2D eigenvalue weighted by Gasteiger charge is -2.35. The molecule has 1 saturated heterocycles. The van der Waals surface area contributed by atoms with Crippen molar-refractivity contribution in [2.75, 3.05) is 13.2 Å². The zero-order valence-corrected chi connectivity index (χ0v) is 6.23. The molecule has 0 aromatic heterocycles. The molecule has 0 saturated carbocycles. The van der Waals surface area contributed by atoms with Crippen LogP contribution in [0.2, 0.25) is 0 Å². The van der Waals surface area contributed by atoms with Crippen LogP contribution in [0, 0.1) is 5.92 Å². The van der Waals surface area contributed by atoms with Crippen LogP contribution in [0.4, 0.5) is 0 Å². The molecular weight excluding hydrogens is 152 g/mol. The van der Waals surface area contributed by atoms with Crippen molar-refractivity contribution in [2.45, 2.75) is 19.2 Å². The summed E-state index contributed by atoms with van der Waals surface area (Å²) >= 11 is 0. The number of hydrogen-bond donors (Lipinski definition) is 3. The van der Waals surface area contributed by atoms with Gasteiger partial charge in [-0.2, -0.15) is 0 Å². The first-order valence-corrected chi connectivity index (χ1v) is 3.38. The molecule has 1 rings (SSSR count). The van der Waals surface area contributed by atoms with Crippen LogP contribution >= 0.6 is 0 Å². The van der Waals surface area contributed by atoms with Gasteiger partial charge in [0.1, 0.15) is 0 Å². The van der Waals surface area contributed by atoms with E-state index in [9.17, 15) is 0 Å². The van der Waals surface area contributed by atoms with Crippen LogP contribution in [0.1, 0.15) is 6.92 Å². The molecule has 5 nitrogen and oxygen atoms in total. The molecule has 3 atom stereocenters. The smallest absolute Gasteiger partial charge is 0.279 e. The standard InChI is InChI=1S/C6H12O5/c1-6(9)10-3-4(2-7)5(8)11-6/h4-5,7-9H,2-3H2,1H3. The molecule has 0 bridgehead atoms. The molecule has 11 heavy (non-hydrogen) atoms. The summed E-state index contributed by atoms with van der Waals surface area (Å²) < 4.78 is 9.36. The maximum absolute atomic E-state index is 9.08. The Morgan fingerprint density at radius 2 is 2.27 bits per heavy atom. The van der Waals surface area contributed by atoms with Gasteiger partial charge in [0.05, 0.1) is 19.1 Å². The Kier molecular flexibility index (Phi) is 2.46. The summed E-state index contributed by atoms with van der Waals surface area (Å²) in [7, 11) is 0. The second-order valence-electron chi connectivity index (χ2n) is 2.66. The molecule has 3 N–H and O–H groups in total. The van der Waals surface area contributed by atoms with Gasteiger partial charge in [-0.15, -0.1) is 0 Å². The molecule has 0 aromatic carbocycles. The molecule has 1 fully saturated rings. The van der Waals surface area contributed by atoms with Gasteiger partial charge in [-0.1, -0.05) is 0 Å². The first kappa shape index (κ1) is 8.89. The van der Waals surface area contributed by atoms with Crippen molar-refractivity contribution < 1.29 is 24.8 Å². The van der Waals surface area contributed by atoms with Gasteiger partial charge < -0.3 is 20.1 Å². The Morgan fingerprint density at radius 3 is 2.73 bits per heavy atom. The van der Waals surface area contributed by atoms with E-state index < -0.39 is 18.2 Å². The van der Waals surface area contributed by atoms with Crippen molar-refractivity contribution in [1.29, 1.82) is 0 Å². The number of aliphatic hydroxyl groups is 3. The molecule has 1 heterocycles. The largest absolute Gasteiger partial charge is 0.396 e. The Balaban J connectivity index is 2.48. The summed E-state index contributed by atoms with van der Waals surface area (Å²) in [5.74, 6) is -2.21. The van der Waals surface area contributed by atoms with E-state index in [1.54, 1.807) is 0 Å². The van der Waals surface area contributed by atoms with Gasteiger partial charge in [0, 0.05) is 6.92 Å². The second kappa shape index (κ2) is 3.04. The Labute approximate surface area is 64.2 Å². The molecule has 0 aliphatic carbocycles. The van der Waals surface area contributed by atoms with E-state index in [-0.39, 0.29) is 13.2 Å². The van der Waals surface area contributed by atoms with Gasteiger partial charge in [-0.3, -0.25) is 4.74 Å². The van der Waals surface area contributed by atoms with Crippen LogP contribution < -0.4 is 0 Å². The normalized spacial score (nSPS) is 45.8. The molecule has 0 amide bonds. The van der Waals surface area contributed by atoms with E-state index in [1.807, 2.05) is 0 Å². The summed E-state index contributed by atoms with van der Waals surface area (Å²) in [6.45, 7) is 1.14. The highest BCUT2D eigenvalue weighted by Gasteiger charge is 2.36. The minimum absolute atomic E-state index is 0.0880. The molecule has 66 valence electrons. The molecule has 1 aliphatic heterocycles. The van der Waals surface area contributed by atoms with Crippen LogP contribution in [0.25, 0.3) is 0 Å². The maximum atomic E-state index is 9.08. The lowest BCUT2D eigenvalue weighted by atomic mass is 10.1. The van der Waals surface area contributed by atoms with Gasteiger partial charge in [0.2, 0.25) is 0 Å². The van der Waals surface area contributed by atoms with E-state index in [0.717, 1.165) is 0 Å². The molecule has 1 aliphatic rings. The van der Waals surface area contributed by atoms with Gasteiger partial charge in [0.25, 0.3) is 5.97 Å². The van der Waals surface area contributed by atoms with Crippen molar-refractivity contribution in [2.24, 2.45) is 5.92 Å². The van der Waals surface area contributed by atoms with Crippen molar-refractivity contribution in [3.05, 3.63) is 0 Å². The summed E-state index contributed by atoms with van der Waals surface area (Å²) in [6.07, 6.45) is -1.16. The number of hydrogen-bond acceptors (Lipinski definition) is 5. The van der Waals surface area contributed by atoms with Crippen molar-refractivity contribution in [1.82, 2.24) is 0 Å². The predicted molar refractivity (Wildman–Crippen MR) is 34.2 cm³/mol. The topological polar surface area (TPSA) is 79.2 Å². The average molecular weight is 164 g/mol. The Bertz CT molecular complexity index is 135. The lowest BCUT2D eigenvalue weighted by Crippen LogP contribution is -2.48. The van der Waals surface area contributed by atoms with E-state index in [4.69, 9.17) is 20.1 Å². The van der Waals surface area contributed by atoms with Gasteiger partial charge in [-0.05, 0) is 0 Å². The monoisotopic (exact) mass is 164 g/mol. The first-order valence-electron chi connectivity index (χ1n) is 3.38. The quantitative estimate of drug-likeness (QED) is 0.445. The highest BCUT2D eigenvalue weighted by molar-refractivity contribution is 4.66. The second-order valence-corrected chi connectivity index (χ2v) is 2.66. The van der Waals surface area contributed by atoms with E-state index in [0.29, 0.717) is 0 Å². The molecule has 0 radical (unpaired) electrons. The van der Waals surface area contributed by atoms with Crippen LogP contribution in [-0.4, -0.2) is 40.8 Å². The lowest BCUT2D eigenvalue weighted by molar-refractivity contribution is -0.431. The first-order chi connectivity index (χ1) is 5.05. The van der Waals surface area contributed by atoms with Gasteiger partial charge in [-0.25, -0.2) is 0 Å². The highest BCUT2D eigenvalue weighted by atomic mass is 16.9. The highest BCUT2D eigenvalue weighted by Crippen LogP contribution is 2.22. The minimum atomic E-state index is -1.73.